The highest BCUT2D eigenvalue weighted by Crippen LogP contribution is 2.32. The van der Waals surface area contributed by atoms with E-state index in [1.807, 2.05) is 91.1 Å². The van der Waals surface area contributed by atoms with Crippen LogP contribution in [0.4, 0.5) is 0 Å². The van der Waals surface area contributed by atoms with E-state index < -0.39 is 0 Å². The molecule has 2 N–H and O–H groups in total. The van der Waals surface area contributed by atoms with Crippen molar-refractivity contribution < 1.29 is 4.79 Å². The fraction of sp³-hybridized carbons (Fsp3) is 0. The van der Waals surface area contributed by atoms with Gasteiger partial charge >= 0.3 is 0 Å². The van der Waals surface area contributed by atoms with Gasteiger partial charge in [-0.1, -0.05) is 78.9 Å². The van der Waals surface area contributed by atoms with Crippen molar-refractivity contribution >= 4 is 23.0 Å². The molecule has 5 heteroatoms. The number of carbonyl (C=O) groups is 1. The molecule has 0 aliphatic heterocycles. The number of nitrogens with one attached hydrogen (secondary N) is 2. The van der Waals surface area contributed by atoms with Gasteiger partial charge in [0.25, 0.3) is 5.91 Å². The first-order valence-corrected chi connectivity index (χ1v) is 12.1. The molecular weight excluding hydrogens is 456 g/mol. The number of fused-ring (bicyclic) bond motifs is 1. The highest BCUT2D eigenvalue weighted by molar-refractivity contribution is 6.00. The quantitative estimate of drug-likeness (QED) is 0.195. The summed E-state index contributed by atoms with van der Waals surface area (Å²) in [5, 5.41) is 5.23. The molecule has 0 radical (unpaired) electrons. The number of aromatic nitrogens is 2. The van der Waals surface area contributed by atoms with Crippen LogP contribution in [0.1, 0.15) is 15.9 Å². The number of carbonyl (C=O) groups excluding carboxylic acids is 1. The van der Waals surface area contributed by atoms with Crippen molar-refractivity contribution in [2.45, 2.75) is 0 Å². The number of hydrogen-bond acceptors (Lipinski definition) is 2. The van der Waals surface area contributed by atoms with Crippen molar-refractivity contribution in [2.75, 3.05) is 0 Å². The third-order valence-electron chi connectivity index (χ3n) is 6.40. The summed E-state index contributed by atoms with van der Waals surface area (Å²) in [6.45, 7) is 0. The van der Waals surface area contributed by atoms with E-state index >= 15 is 0 Å². The first-order chi connectivity index (χ1) is 18.3. The van der Waals surface area contributed by atoms with Crippen LogP contribution in [0.5, 0.6) is 0 Å². The van der Waals surface area contributed by atoms with Gasteiger partial charge in [0, 0.05) is 33.9 Å². The molecule has 2 aromatic heterocycles. The lowest BCUT2D eigenvalue weighted by molar-refractivity contribution is 0.0955. The van der Waals surface area contributed by atoms with Crippen LogP contribution in [0.3, 0.4) is 0 Å². The lowest BCUT2D eigenvalue weighted by Crippen LogP contribution is -2.17. The summed E-state index contributed by atoms with van der Waals surface area (Å²) >= 11 is 0. The van der Waals surface area contributed by atoms with E-state index in [1.54, 1.807) is 6.21 Å². The average Bonchev–Trinajstić information content (AvgIpc) is 3.59. The van der Waals surface area contributed by atoms with Gasteiger partial charge in [-0.15, -0.1) is 0 Å². The Labute approximate surface area is 214 Å². The molecule has 2 heterocycles. The van der Waals surface area contributed by atoms with Gasteiger partial charge in [-0.3, -0.25) is 4.79 Å². The van der Waals surface area contributed by atoms with Gasteiger partial charge in [-0.2, -0.15) is 5.10 Å². The second kappa shape index (κ2) is 9.84. The maximum Gasteiger partial charge on any atom is 0.271 e. The number of hydrogen-bond donors (Lipinski definition) is 2. The van der Waals surface area contributed by atoms with Gasteiger partial charge in [0.1, 0.15) is 0 Å². The maximum absolute atomic E-state index is 12.8. The molecule has 4 aromatic carbocycles. The van der Waals surface area contributed by atoms with Gasteiger partial charge < -0.3 is 9.55 Å². The zero-order valence-corrected chi connectivity index (χ0v) is 20.0. The lowest BCUT2D eigenvalue weighted by Gasteiger charge is -2.15. The molecule has 6 aromatic rings. The molecule has 0 unspecified atom stereocenters. The molecule has 1 amide bonds. The number of H-pyrrole nitrogens is 1. The van der Waals surface area contributed by atoms with Gasteiger partial charge in [0.15, 0.2) is 0 Å². The van der Waals surface area contributed by atoms with Crippen LogP contribution in [0.2, 0.25) is 0 Å². The van der Waals surface area contributed by atoms with Crippen molar-refractivity contribution in [3.8, 4) is 28.2 Å². The standard InChI is InChI=1S/C32H24N4O/c37-32(35-34-22-26-21-33-29-14-8-7-13-28(26)29)25-15-17-27(18-16-25)36-30(23-9-3-1-4-10-23)19-20-31(36)24-11-5-2-6-12-24/h1-22,33H,(H,35,37)/b34-22+. The first kappa shape index (κ1) is 22.3. The molecule has 0 spiro atoms. The summed E-state index contributed by atoms with van der Waals surface area (Å²) in [7, 11) is 0. The minimum atomic E-state index is -0.262. The molecule has 0 aliphatic carbocycles. The molecule has 0 aliphatic rings. The Hall–Kier alpha value is -5.16. The summed E-state index contributed by atoms with van der Waals surface area (Å²) in [6, 6.07) is 40.5. The Morgan fingerprint density at radius 3 is 1.95 bits per heavy atom. The Kier molecular flexibility index (Phi) is 5.93. The van der Waals surface area contributed by atoms with Crippen LogP contribution < -0.4 is 5.43 Å². The highest BCUT2D eigenvalue weighted by atomic mass is 16.2. The van der Waals surface area contributed by atoms with E-state index in [4.69, 9.17) is 0 Å². The lowest BCUT2D eigenvalue weighted by atomic mass is 10.1. The Morgan fingerprint density at radius 2 is 1.30 bits per heavy atom. The van der Waals surface area contributed by atoms with Crippen molar-refractivity contribution in [1.82, 2.24) is 15.0 Å². The number of hydrazone groups is 1. The van der Waals surface area contributed by atoms with Crippen LogP contribution in [-0.4, -0.2) is 21.7 Å². The molecule has 5 nitrogen and oxygen atoms in total. The Bertz CT molecular complexity index is 1640. The predicted octanol–water partition coefficient (Wildman–Crippen LogP) is 7.06. The summed E-state index contributed by atoms with van der Waals surface area (Å²) < 4.78 is 2.22. The molecule has 0 fully saturated rings. The maximum atomic E-state index is 12.8. The predicted molar refractivity (Wildman–Crippen MR) is 150 cm³/mol. The molecule has 0 atom stereocenters. The minimum absolute atomic E-state index is 0.262. The van der Waals surface area contributed by atoms with Crippen molar-refractivity contribution in [1.29, 1.82) is 0 Å². The molecular formula is C32H24N4O. The van der Waals surface area contributed by atoms with Crippen LogP contribution >= 0.6 is 0 Å². The van der Waals surface area contributed by atoms with Crippen LogP contribution in [-0.2, 0) is 0 Å². The van der Waals surface area contributed by atoms with E-state index in [-0.39, 0.29) is 5.91 Å². The molecule has 0 bridgehead atoms. The van der Waals surface area contributed by atoms with Gasteiger partial charge in [0.05, 0.1) is 17.6 Å². The summed E-state index contributed by atoms with van der Waals surface area (Å²) in [5.74, 6) is -0.262. The zero-order valence-electron chi connectivity index (χ0n) is 20.0. The monoisotopic (exact) mass is 480 g/mol. The number of benzene rings is 4. The second-order valence-corrected chi connectivity index (χ2v) is 8.71. The molecule has 0 saturated heterocycles. The van der Waals surface area contributed by atoms with E-state index in [1.165, 1.54) is 0 Å². The summed E-state index contributed by atoms with van der Waals surface area (Å²) in [6.07, 6.45) is 3.53. The zero-order chi connectivity index (χ0) is 25.0. The van der Waals surface area contributed by atoms with Crippen molar-refractivity contribution in [2.24, 2.45) is 5.10 Å². The topological polar surface area (TPSA) is 62.2 Å². The molecule has 178 valence electrons. The average molecular weight is 481 g/mol. The van der Waals surface area contributed by atoms with Gasteiger partial charge in [-0.05, 0) is 53.6 Å². The fourth-order valence-electron chi connectivity index (χ4n) is 4.57. The number of rotatable bonds is 6. The number of para-hydroxylation sites is 1. The van der Waals surface area contributed by atoms with E-state index in [0.29, 0.717) is 5.56 Å². The van der Waals surface area contributed by atoms with E-state index in [2.05, 4.69) is 56.5 Å². The molecule has 6 rings (SSSR count). The summed E-state index contributed by atoms with van der Waals surface area (Å²) in [5.41, 5.74) is 10.5. The number of amides is 1. The molecule has 37 heavy (non-hydrogen) atoms. The largest absolute Gasteiger partial charge is 0.361 e. The third-order valence-corrected chi connectivity index (χ3v) is 6.40. The number of aromatic amines is 1. The minimum Gasteiger partial charge on any atom is -0.361 e. The van der Waals surface area contributed by atoms with Crippen LogP contribution in [0.15, 0.2) is 133 Å². The molecule has 0 saturated carbocycles. The smallest absolute Gasteiger partial charge is 0.271 e. The van der Waals surface area contributed by atoms with Crippen LogP contribution in [0, 0.1) is 0 Å². The first-order valence-electron chi connectivity index (χ1n) is 12.1. The fourth-order valence-corrected chi connectivity index (χ4v) is 4.57. The third kappa shape index (κ3) is 4.46. The highest BCUT2D eigenvalue weighted by Gasteiger charge is 2.14. The van der Waals surface area contributed by atoms with Gasteiger partial charge in [0.2, 0.25) is 0 Å². The SMILES string of the molecule is O=C(N/N=C/c1c[nH]c2ccccc12)c1ccc(-n2c(-c3ccccc3)ccc2-c2ccccc2)cc1. The Balaban J connectivity index is 1.28. The summed E-state index contributed by atoms with van der Waals surface area (Å²) in [4.78, 5) is 16.0. The van der Waals surface area contributed by atoms with Crippen molar-refractivity contribution in [3.05, 3.63) is 139 Å². The van der Waals surface area contributed by atoms with Crippen molar-refractivity contribution in [3.63, 3.8) is 0 Å². The van der Waals surface area contributed by atoms with Crippen LogP contribution in [0.25, 0.3) is 39.1 Å². The second-order valence-electron chi connectivity index (χ2n) is 8.71. The van der Waals surface area contributed by atoms with Gasteiger partial charge in [-0.25, -0.2) is 5.43 Å². The normalized spacial score (nSPS) is 11.2. The van der Waals surface area contributed by atoms with E-state index in [0.717, 1.165) is 44.7 Å². The van der Waals surface area contributed by atoms with E-state index in [9.17, 15) is 4.79 Å². The number of nitrogens with zero attached hydrogens (tertiary/aromatic N) is 2. The Morgan fingerprint density at radius 1 is 0.703 bits per heavy atom.